The Balaban J connectivity index is 2.33. The smallest absolute Gasteiger partial charge is 0.240 e. The molecule has 0 aliphatic rings. The summed E-state index contributed by atoms with van der Waals surface area (Å²) in [4.78, 5) is 0.264. The molecular formula is C16H20N2O2S. The molecule has 5 heteroatoms. The minimum Gasteiger partial charge on any atom is -0.398 e. The Morgan fingerprint density at radius 3 is 2.10 bits per heavy atom. The van der Waals surface area contributed by atoms with Gasteiger partial charge >= 0.3 is 0 Å². The quantitative estimate of drug-likeness (QED) is 0.853. The van der Waals surface area contributed by atoms with Gasteiger partial charge in [-0.05, 0) is 55.7 Å². The van der Waals surface area contributed by atoms with Crippen LogP contribution in [-0.2, 0) is 10.0 Å². The van der Waals surface area contributed by atoms with Crippen LogP contribution < -0.4 is 10.5 Å². The third kappa shape index (κ3) is 3.62. The van der Waals surface area contributed by atoms with Crippen molar-refractivity contribution in [1.82, 2.24) is 4.72 Å². The molecule has 0 aliphatic carbocycles. The molecule has 2 rings (SSSR count). The topological polar surface area (TPSA) is 72.2 Å². The molecule has 0 bridgehead atoms. The van der Waals surface area contributed by atoms with Gasteiger partial charge in [0.15, 0.2) is 0 Å². The van der Waals surface area contributed by atoms with Gasteiger partial charge in [-0.1, -0.05) is 24.3 Å². The maximum atomic E-state index is 12.1. The van der Waals surface area contributed by atoms with Crippen LogP contribution in [0.3, 0.4) is 0 Å². The average Bonchev–Trinajstić information content (AvgIpc) is 2.41. The summed E-state index contributed by atoms with van der Waals surface area (Å²) in [6.07, 6.45) is 0. The lowest BCUT2D eigenvalue weighted by molar-refractivity contribution is 0.570. The van der Waals surface area contributed by atoms with Crippen molar-refractivity contribution in [1.29, 1.82) is 0 Å². The van der Waals surface area contributed by atoms with Crippen molar-refractivity contribution in [2.45, 2.75) is 31.7 Å². The lowest BCUT2D eigenvalue weighted by atomic mass is 10.0. The number of rotatable bonds is 4. The zero-order chi connectivity index (χ0) is 15.6. The first-order chi connectivity index (χ1) is 9.79. The van der Waals surface area contributed by atoms with E-state index in [0.29, 0.717) is 0 Å². The number of nitrogens with two attached hydrogens (primary N) is 1. The van der Waals surface area contributed by atoms with Gasteiger partial charge in [0.05, 0.1) is 4.90 Å². The lowest BCUT2D eigenvalue weighted by Gasteiger charge is -2.10. The molecule has 3 N–H and O–H groups in total. The third-order valence-electron chi connectivity index (χ3n) is 3.17. The van der Waals surface area contributed by atoms with Gasteiger partial charge in [0.25, 0.3) is 0 Å². The molecule has 0 fully saturated rings. The number of hydrogen-bond acceptors (Lipinski definition) is 3. The molecule has 2 aromatic carbocycles. The number of hydrogen-bond donors (Lipinski definition) is 2. The Kier molecular flexibility index (Phi) is 4.34. The fourth-order valence-corrected chi connectivity index (χ4v) is 3.28. The third-order valence-corrected chi connectivity index (χ3v) is 4.84. The van der Waals surface area contributed by atoms with Gasteiger partial charge in [0, 0.05) is 11.7 Å². The molecule has 0 saturated heterocycles. The number of aryl methyl sites for hydroxylation is 1. The molecule has 0 aromatic heterocycles. The first-order valence-corrected chi connectivity index (χ1v) is 8.27. The van der Waals surface area contributed by atoms with Crippen LogP contribution in [0, 0.1) is 6.92 Å². The van der Waals surface area contributed by atoms with E-state index in [-0.39, 0.29) is 10.9 Å². The van der Waals surface area contributed by atoms with Crippen LogP contribution in [0.15, 0.2) is 47.4 Å². The predicted molar refractivity (Wildman–Crippen MR) is 86.5 cm³/mol. The first-order valence-electron chi connectivity index (χ1n) is 6.78. The monoisotopic (exact) mass is 304 g/mol. The molecule has 0 saturated carbocycles. The summed E-state index contributed by atoms with van der Waals surface area (Å²) in [5.41, 5.74) is 9.57. The van der Waals surface area contributed by atoms with Crippen LogP contribution in [0.4, 0.5) is 5.69 Å². The highest BCUT2D eigenvalue weighted by atomic mass is 32.2. The highest BCUT2D eigenvalue weighted by molar-refractivity contribution is 7.89. The van der Waals surface area contributed by atoms with Crippen LogP contribution in [0.1, 0.15) is 19.4 Å². The minimum atomic E-state index is -3.45. The minimum absolute atomic E-state index is 0.133. The molecule has 0 radical (unpaired) electrons. The van der Waals surface area contributed by atoms with Crippen molar-refractivity contribution in [3.8, 4) is 11.1 Å². The second-order valence-corrected chi connectivity index (χ2v) is 7.09. The zero-order valence-corrected chi connectivity index (χ0v) is 13.2. The average molecular weight is 304 g/mol. The van der Waals surface area contributed by atoms with Crippen molar-refractivity contribution < 1.29 is 8.42 Å². The van der Waals surface area contributed by atoms with Crippen molar-refractivity contribution in [2.24, 2.45) is 0 Å². The van der Waals surface area contributed by atoms with Gasteiger partial charge in [0.1, 0.15) is 0 Å². The van der Waals surface area contributed by atoms with E-state index in [1.807, 2.05) is 25.1 Å². The highest BCUT2D eigenvalue weighted by Gasteiger charge is 2.15. The molecule has 0 atom stereocenters. The summed E-state index contributed by atoms with van der Waals surface area (Å²) in [6, 6.07) is 12.5. The van der Waals surface area contributed by atoms with Gasteiger partial charge in [-0.15, -0.1) is 0 Å². The van der Waals surface area contributed by atoms with E-state index in [1.165, 1.54) is 0 Å². The number of sulfonamides is 1. The SMILES string of the molecule is Cc1ccc(-c2ccc(S(=O)(=O)NC(C)C)cc2)cc1N. The molecule has 0 spiro atoms. The van der Waals surface area contributed by atoms with E-state index in [4.69, 9.17) is 5.73 Å². The molecule has 2 aromatic rings. The van der Waals surface area contributed by atoms with Gasteiger partial charge in [-0.2, -0.15) is 0 Å². The lowest BCUT2D eigenvalue weighted by Crippen LogP contribution is -2.30. The summed E-state index contributed by atoms with van der Waals surface area (Å²) < 4.78 is 26.7. The first kappa shape index (κ1) is 15.5. The second-order valence-electron chi connectivity index (χ2n) is 5.37. The second kappa shape index (κ2) is 5.87. The standard InChI is InChI=1S/C16H20N2O2S/c1-11(2)18-21(19,20)15-8-6-13(7-9-15)14-5-4-12(3)16(17)10-14/h4-11,18H,17H2,1-3H3. The fourth-order valence-electron chi connectivity index (χ4n) is 2.02. The highest BCUT2D eigenvalue weighted by Crippen LogP contribution is 2.24. The summed E-state index contributed by atoms with van der Waals surface area (Å²) >= 11 is 0. The van der Waals surface area contributed by atoms with Crippen molar-refractivity contribution in [3.63, 3.8) is 0 Å². The normalized spacial score (nSPS) is 11.8. The summed E-state index contributed by atoms with van der Waals surface area (Å²) in [7, 11) is -3.45. The summed E-state index contributed by atoms with van der Waals surface area (Å²) in [5.74, 6) is 0. The van der Waals surface area contributed by atoms with Crippen LogP contribution >= 0.6 is 0 Å². The van der Waals surface area contributed by atoms with Crippen molar-refractivity contribution >= 4 is 15.7 Å². The van der Waals surface area contributed by atoms with Gasteiger partial charge in [0.2, 0.25) is 10.0 Å². The molecular weight excluding hydrogens is 284 g/mol. The fraction of sp³-hybridized carbons (Fsp3) is 0.250. The van der Waals surface area contributed by atoms with E-state index in [9.17, 15) is 8.42 Å². The van der Waals surface area contributed by atoms with E-state index >= 15 is 0 Å². The van der Waals surface area contributed by atoms with Crippen molar-refractivity contribution in [3.05, 3.63) is 48.0 Å². The van der Waals surface area contributed by atoms with Crippen LogP contribution in [0.25, 0.3) is 11.1 Å². The Morgan fingerprint density at radius 2 is 1.57 bits per heavy atom. The number of anilines is 1. The Bertz CT molecular complexity index is 735. The van der Waals surface area contributed by atoms with Gasteiger partial charge in [-0.25, -0.2) is 13.1 Å². The van der Waals surface area contributed by atoms with E-state index in [1.54, 1.807) is 38.1 Å². The molecule has 21 heavy (non-hydrogen) atoms. The Labute approximate surface area is 126 Å². The maximum absolute atomic E-state index is 12.1. The summed E-state index contributed by atoms with van der Waals surface area (Å²) in [6.45, 7) is 5.54. The molecule has 0 amide bonds. The predicted octanol–water partition coefficient (Wildman–Crippen LogP) is 2.93. The van der Waals surface area contributed by atoms with Crippen LogP contribution in [0.5, 0.6) is 0 Å². The molecule has 112 valence electrons. The van der Waals surface area contributed by atoms with Gasteiger partial charge in [-0.3, -0.25) is 0 Å². The molecule has 0 aliphatic heterocycles. The van der Waals surface area contributed by atoms with E-state index in [0.717, 1.165) is 22.4 Å². The number of nitrogens with one attached hydrogen (secondary N) is 1. The Hall–Kier alpha value is -1.85. The maximum Gasteiger partial charge on any atom is 0.240 e. The molecule has 0 heterocycles. The molecule has 4 nitrogen and oxygen atoms in total. The van der Waals surface area contributed by atoms with E-state index in [2.05, 4.69) is 4.72 Å². The van der Waals surface area contributed by atoms with Crippen LogP contribution in [-0.4, -0.2) is 14.5 Å². The summed E-state index contributed by atoms with van der Waals surface area (Å²) in [5, 5.41) is 0. The van der Waals surface area contributed by atoms with Gasteiger partial charge < -0.3 is 5.73 Å². The Morgan fingerprint density at radius 1 is 1.00 bits per heavy atom. The number of nitrogen functional groups attached to an aromatic ring is 1. The van der Waals surface area contributed by atoms with Crippen LogP contribution in [0.2, 0.25) is 0 Å². The largest absolute Gasteiger partial charge is 0.398 e. The molecule has 0 unspecified atom stereocenters. The van der Waals surface area contributed by atoms with E-state index < -0.39 is 10.0 Å². The zero-order valence-electron chi connectivity index (χ0n) is 12.4. The van der Waals surface area contributed by atoms with Crippen molar-refractivity contribution in [2.75, 3.05) is 5.73 Å². The number of benzene rings is 2.